The van der Waals surface area contributed by atoms with E-state index in [1.54, 1.807) is 13.4 Å². The van der Waals surface area contributed by atoms with Gasteiger partial charge < -0.3 is 19.9 Å². The average Bonchev–Trinajstić information content (AvgIpc) is 2.78. The molecule has 1 aliphatic heterocycles. The van der Waals surface area contributed by atoms with Crippen LogP contribution in [0.15, 0.2) is 41.7 Å². The number of nitrogens with zero attached hydrogens (tertiary/aromatic N) is 4. The van der Waals surface area contributed by atoms with E-state index in [1.165, 1.54) is 11.8 Å². The maximum absolute atomic E-state index is 12.0. The Morgan fingerprint density at radius 2 is 1.93 bits per heavy atom. The van der Waals surface area contributed by atoms with Crippen molar-refractivity contribution in [3.8, 4) is 5.75 Å². The first kappa shape index (κ1) is 21.2. The molecular weight excluding hydrogens is 386 g/mol. The molecule has 0 spiro atoms. The predicted molar refractivity (Wildman–Crippen MR) is 118 cm³/mol. The fraction of sp³-hybridized carbons (Fsp3) is 0.476. The van der Waals surface area contributed by atoms with Crippen LogP contribution in [0, 0.1) is 0 Å². The van der Waals surface area contributed by atoms with Crippen LogP contribution in [0.25, 0.3) is 0 Å². The Morgan fingerprint density at radius 1 is 1.21 bits per heavy atom. The quantitative estimate of drug-likeness (QED) is 0.525. The molecule has 1 saturated heterocycles. The Balaban J connectivity index is 1.56. The van der Waals surface area contributed by atoms with Crippen LogP contribution in [0.1, 0.15) is 20.3 Å². The molecule has 1 aliphatic rings. The van der Waals surface area contributed by atoms with Crippen LogP contribution in [-0.4, -0.2) is 61.0 Å². The maximum atomic E-state index is 12.0. The van der Waals surface area contributed by atoms with Gasteiger partial charge in [-0.05, 0) is 25.5 Å². The highest BCUT2D eigenvalue weighted by molar-refractivity contribution is 7.99. The normalized spacial score (nSPS) is 15.1. The summed E-state index contributed by atoms with van der Waals surface area (Å²) in [5.41, 5.74) is 1.13. The standard InChI is InChI=1S/C21H29N5O2S/c1-4-16(2)24-20(27)14-29-21-13-19(22-15-23-21)26-11-9-25(10-12-26)17-7-5-6-8-18(17)28-3/h5-8,13,15-16H,4,9-12,14H2,1-3H3,(H,24,27)/t16-/m1/s1. The summed E-state index contributed by atoms with van der Waals surface area (Å²) in [6.07, 6.45) is 2.51. The molecule has 1 aromatic carbocycles. The number of benzene rings is 1. The number of ether oxygens (including phenoxy) is 1. The molecular formula is C21H29N5O2S. The number of nitrogens with one attached hydrogen (secondary N) is 1. The Labute approximate surface area is 176 Å². The molecule has 2 heterocycles. The fourth-order valence-corrected chi connectivity index (χ4v) is 3.88. The number of amides is 1. The Hall–Kier alpha value is -2.48. The van der Waals surface area contributed by atoms with E-state index in [4.69, 9.17) is 4.74 Å². The molecule has 8 heteroatoms. The van der Waals surface area contributed by atoms with E-state index in [-0.39, 0.29) is 11.9 Å². The minimum Gasteiger partial charge on any atom is -0.495 e. The number of carbonyl (C=O) groups is 1. The third kappa shape index (κ3) is 5.76. The lowest BCUT2D eigenvalue weighted by atomic mass is 10.2. The third-order valence-electron chi connectivity index (χ3n) is 5.03. The summed E-state index contributed by atoms with van der Waals surface area (Å²) in [6.45, 7) is 7.59. The second-order valence-corrected chi connectivity index (χ2v) is 8.02. The van der Waals surface area contributed by atoms with Gasteiger partial charge in [-0.1, -0.05) is 30.8 Å². The van der Waals surface area contributed by atoms with Gasteiger partial charge in [0.15, 0.2) is 0 Å². The molecule has 1 fully saturated rings. The van der Waals surface area contributed by atoms with Crippen molar-refractivity contribution in [3.63, 3.8) is 0 Å². The van der Waals surface area contributed by atoms with E-state index in [1.807, 2.05) is 31.2 Å². The van der Waals surface area contributed by atoms with Crippen LogP contribution < -0.4 is 19.9 Å². The zero-order valence-electron chi connectivity index (χ0n) is 17.3. The fourth-order valence-electron chi connectivity index (χ4n) is 3.21. The summed E-state index contributed by atoms with van der Waals surface area (Å²) in [6, 6.07) is 10.3. The maximum Gasteiger partial charge on any atom is 0.230 e. The first-order valence-electron chi connectivity index (χ1n) is 9.97. The number of aromatic nitrogens is 2. The van der Waals surface area contributed by atoms with Gasteiger partial charge in [0.2, 0.25) is 5.91 Å². The molecule has 156 valence electrons. The summed E-state index contributed by atoms with van der Waals surface area (Å²) in [5.74, 6) is 2.21. The highest BCUT2D eigenvalue weighted by Gasteiger charge is 2.21. The van der Waals surface area contributed by atoms with Crippen molar-refractivity contribution in [1.29, 1.82) is 0 Å². The number of para-hydroxylation sites is 2. The molecule has 1 aromatic heterocycles. The minimum absolute atomic E-state index is 0.0370. The third-order valence-corrected chi connectivity index (χ3v) is 5.95. The summed E-state index contributed by atoms with van der Waals surface area (Å²) in [4.78, 5) is 25.3. The van der Waals surface area contributed by atoms with Gasteiger partial charge in [0.25, 0.3) is 0 Å². The number of hydrogen-bond acceptors (Lipinski definition) is 7. The Bertz CT molecular complexity index is 811. The van der Waals surface area contributed by atoms with Gasteiger partial charge in [-0.3, -0.25) is 4.79 Å². The lowest BCUT2D eigenvalue weighted by molar-refractivity contribution is -0.119. The molecule has 0 bridgehead atoms. The van der Waals surface area contributed by atoms with Gasteiger partial charge in [-0.15, -0.1) is 0 Å². The van der Waals surface area contributed by atoms with Crippen molar-refractivity contribution in [3.05, 3.63) is 36.7 Å². The topological polar surface area (TPSA) is 70.6 Å². The molecule has 0 saturated carbocycles. The molecule has 3 rings (SSSR count). The molecule has 1 amide bonds. The van der Waals surface area contributed by atoms with Crippen molar-refractivity contribution in [1.82, 2.24) is 15.3 Å². The first-order chi connectivity index (χ1) is 14.1. The number of hydrogen-bond donors (Lipinski definition) is 1. The smallest absolute Gasteiger partial charge is 0.230 e. The molecule has 0 radical (unpaired) electrons. The monoisotopic (exact) mass is 415 g/mol. The molecule has 2 aromatic rings. The zero-order valence-corrected chi connectivity index (χ0v) is 18.1. The second-order valence-electron chi connectivity index (χ2n) is 7.03. The van der Waals surface area contributed by atoms with Crippen molar-refractivity contribution >= 4 is 29.2 Å². The highest BCUT2D eigenvalue weighted by Crippen LogP contribution is 2.29. The van der Waals surface area contributed by atoms with Crippen LogP contribution in [0.5, 0.6) is 5.75 Å². The minimum atomic E-state index is 0.0370. The number of methoxy groups -OCH3 is 1. The van der Waals surface area contributed by atoms with Crippen LogP contribution >= 0.6 is 11.8 Å². The van der Waals surface area contributed by atoms with Crippen LogP contribution in [0.4, 0.5) is 11.5 Å². The number of anilines is 2. The number of carbonyl (C=O) groups excluding carboxylic acids is 1. The Morgan fingerprint density at radius 3 is 2.66 bits per heavy atom. The van der Waals surface area contributed by atoms with Gasteiger partial charge in [0.1, 0.15) is 22.9 Å². The largest absolute Gasteiger partial charge is 0.495 e. The molecule has 1 N–H and O–H groups in total. The lowest BCUT2D eigenvalue weighted by Gasteiger charge is -2.37. The SMILES string of the molecule is CC[C@@H](C)NC(=O)CSc1cc(N2CCN(c3ccccc3OC)CC2)ncn1. The first-order valence-corrected chi connectivity index (χ1v) is 11.0. The molecule has 0 unspecified atom stereocenters. The number of piperazine rings is 1. The zero-order chi connectivity index (χ0) is 20.6. The van der Waals surface area contributed by atoms with E-state index in [0.29, 0.717) is 5.75 Å². The van der Waals surface area contributed by atoms with Gasteiger partial charge in [-0.2, -0.15) is 0 Å². The van der Waals surface area contributed by atoms with Crippen LogP contribution in [-0.2, 0) is 4.79 Å². The van der Waals surface area contributed by atoms with Gasteiger partial charge in [0.05, 0.1) is 18.6 Å². The van der Waals surface area contributed by atoms with Crippen LogP contribution in [0.2, 0.25) is 0 Å². The summed E-state index contributed by atoms with van der Waals surface area (Å²) >= 11 is 1.44. The van der Waals surface area contributed by atoms with E-state index in [9.17, 15) is 4.79 Å². The average molecular weight is 416 g/mol. The van der Waals surface area contributed by atoms with E-state index < -0.39 is 0 Å². The van der Waals surface area contributed by atoms with Crippen molar-refractivity contribution < 1.29 is 9.53 Å². The van der Waals surface area contributed by atoms with Gasteiger partial charge >= 0.3 is 0 Å². The van der Waals surface area contributed by atoms with E-state index in [0.717, 1.165) is 54.9 Å². The van der Waals surface area contributed by atoms with Gasteiger partial charge in [-0.25, -0.2) is 9.97 Å². The second kappa shape index (κ2) is 10.3. The van der Waals surface area contributed by atoms with Crippen molar-refractivity contribution in [2.45, 2.75) is 31.3 Å². The highest BCUT2D eigenvalue weighted by atomic mass is 32.2. The Kier molecular flexibility index (Phi) is 7.57. The van der Waals surface area contributed by atoms with Crippen molar-refractivity contribution in [2.75, 3.05) is 48.8 Å². The summed E-state index contributed by atoms with van der Waals surface area (Å²) in [5, 5.41) is 3.80. The van der Waals surface area contributed by atoms with E-state index >= 15 is 0 Å². The lowest BCUT2D eigenvalue weighted by Crippen LogP contribution is -2.47. The number of thioether (sulfide) groups is 1. The molecule has 0 aliphatic carbocycles. The number of rotatable bonds is 8. The van der Waals surface area contributed by atoms with E-state index in [2.05, 4.69) is 38.1 Å². The van der Waals surface area contributed by atoms with Crippen LogP contribution in [0.3, 0.4) is 0 Å². The van der Waals surface area contributed by atoms with Gasteiger partial charge in [0, 0.05) is 38.3 Å². The van der Waals surface area contributed by atoms with Crippen molar-refractivity contribution in [2.24, 2.45) is 0 Å². The molecule has 1 atom stereocenters. The molecule has 7 nitrogen and oxygen atoms in total. The summed E-state index contributed by atoms with van der Waals surface area (Å²) in [7, 11) is 1.71. The predicted octanol–water partition coefficient (Wildman–Crippen LogP) is 2.82. The molecule has 29 heavy (non-hydrogen) atoms. The summed E-state index contributed by atoms with van der Waals surface area (Å²) < 4.78 is 5.49.